The number of sulfonamides is 1. The first-order chi connectivity index (χ1) is 14.3. The van der Waals surface area contributed by atoms with E-state index in [1.54, 1.807) is 60.7 Å². The maximum atomic E-state index is 12.9. The predicted octanol–water partition coefficient (Wildman–Crippen LogP) is 4.20. The van der Waals surface area contributed by atoms with Gasteiger partial charge < -0.3 is 4.74 Å². The van der Waals surface area contributed by atoms with Crippen LogP contribution in [0.15, 0.2) is 83.8 Å². The second-order valence-corrected chi connectivity index (χ2v) is 8.69. The minimum atomic E-state index is -3.94. The first kappa shape index (κ1) is 21.5. The number of halogens is 1. The molecule has 0 saturated carbocycles. The summed E-state index contributed by atoms with van der Waals surface area (Å²) in [6, 6.07) is 20.6. The number of rotatable bonds is 7. The Labute approximate surface area is 179 Å². The van der Waals surface area contributed by atoms with Crippen LogP contribution < -0.4 is 4.31 Å². The summed E-state index contributed by atoms with van der Waals surface area (Å²) in [5.41, 5.74) is 0.724. The summed E-state index contributed by atoms with van der Waals surface area (Å²) in [7, 11) is -2.53. The van der Waals surface area contributed by atoms with Gasteiger partial charge in [0, 0.05) is 12.6 Å². The molecule has 0 heterocycles. The van der Waals surface area contributed by atoms with E-state index in [1.807, 2.05) is 0 Å². The molecule has 0 aromatic heterocycles. The fraction of sp³-hybridized carbons (Fsp3) is 0.0909. The van der Waals surface area contributed by atoms with Gasteiger partial charge in [0.15, 0.2) is 12.4 Å². The summed E-state index contributed by atoms with van der Waals surface area (Å²) in [4.78, 5) is 24.5. The molecule has 0 N–H and O–H groups in total. The molecule has 0 radical (unpaired) electrons. The second kappa shape index (κ2) is 9.11. The van der Waals surface area contributed by atoms with Gasteiger partial charge in [0.25, 0.3) is 10.0 Å². The Morgan fingerprint density at radius 1 is 0.933 bits per heavy atom. The predicted molar refractivity (Wildman–Crippen MR) is 115 cm³/mol. The lowest BCUT2D eigenvalue weighted by molar-refractivity contribution is 0.0474. The molecule has 6 nitrogen and oxygen atoms in total. The van der Waals surface area contributed by atoms with E-state index < -0.39 is 22.6 Å². The van der Waals surface area contributed by atoms with Gasteiger partial charge in [-0.2, -0.15) is 0 Å². The molecule has 0 aliphatic heterocycles. The van der Waals surface area contributed by atoms with E-state index in [9.17, 15) is 18.0 Å². The average molecular weight is 444 g/mol. The molecule has 0 aliphatic rings. The minimum absolute atomic E-state index is 0.0217. The van der Waals surface area contributed by atoms with Crippen molar-refractivity contribution in [2.45, 2.75) is 4.90 Å². The van der Waals surface area contributed by atoms with Crippen molar-refractivity contribution >= 4 is 39.1 Å². The summed E-state index contributed by atoms with van der Waals surface area (Å²) in [6.45, 7) is -0.486. The van der Waals surface area contributed by atoms with Crippen LogP contribution in [0, 0.1) is 0 Å². The average Bonchev–Trinajstić information content (AvgIpc) is 2.78. The van der Waals surface area contributed by atoms with Crippen molar-refractivity contribution < 1.29 is 22.7 Å². The second-order valence-electron chi connectivity index (χ2n) is 6.32. The number of ether oxygens (including phenoxy) is 1. The van der Waals surface area contributed by atoms with Gasteiger partial charge in [0.1, 0.15) is 0 Å². The van der Waals surface area contributed by atoms with Crippen molar-refractivity contribution in [1.29, 1.82) is 0 Å². The Morgan fingerprint density at radius 2 is 1.53 bits per heavy atom. The first-order valence-corrected chi connectivity index (χ1v) is 10.7. The van der Waals surface area contributed by atoms with Crippen molar-refractivity contribution in [1.82, 2.24) is 0 Å². The highest BCUT2D eigenvalue weighted by molar-refractivity contribution is 7.92. The number of nitrogens with zero attached hydrogens (tertiary/aromatic N) is 1. The van der Waals surface area contributed by atoms with E-state index in [0.717, 1.165) is 10.4 Å². The molecular formula is C22H18ClNO5S. The lowest BCUT2D eigenvalue weighted by atomic mass is 10.1. The summed E-state index contributed by atoms with van der Waals surface area (Å²) in [5.74, 6) is -1.27. The van der Waals surface area contributed by atoms with Gasteiger partial charge in [-0.1, -0.05) is 60.1 Å². The largest absolute Gasteiger partial charge is 0.454 e. The molecule has 8 heteroatoms. The van der Waals surface area contributed by atoms with E-state index in [1.165, 1.54) is 19.2 Å². The fourth-order valence-corrected chi connectivity index (χ4v) is 4.09. The third kappa shape index (κ3) is 4.69. The van der Waals surface area contributed by atoms with Crippen molar-refractivity contribution in [3.05, 3.63) is 95.0 Å². The Bertz CT molecular complexity index is 1160. The molecule has 3 aromatic carbocycles. The van der Waals surface area contributed by atoms with Crippen molar-refractivity contribution in [2.24, 2.45) is 0 Å². The molecule has 0 bridgehead atoms. The van der Waals surface area contributed by atoms with Crippen LogP contribution >= 0.6 is 11.6 Å². The van der Waals surface area contributed by atoms with Gasteiger partial charge in [-0.05, 0) is 30.3 Å². The number of benzene rings is 3. The van der Waals surface area contributed by atoms with Crippen LogP contribution in [0.5, 0.6) is 0 Å². The molecule has 0 amide bonds. The smallest absolute Gasteiger partial charge is 0.340 e. The SMILES string of the molecule is CN(c1ccccc1)S(=O)(=O)c1ccc(Cl)c(C(=O)OCC(=O)c2ccccc2)c1. The van der Waals surface area contributed by atoms with Crippen molar-refractivity contribution in [2.75, 3.05) is 18.0 Å². The van der Waals surface area contributed by atoms with Crippen LogP contribution in [-0.4, -0.2) is 33.8 Å². The van der Waals surface area contributed by atoms with Gasteiger partial charge in [-0.25, -0.2) is 13.2 Å². The van der Waals surface area contributed by atoms with Gasteiger partial charge >= 0.3 is 5.97 Å². The third-order valence-electron chi connectivity index (χ3n) is 4.37. The number of ketones is 1. The monoisotopic (exact) mass is 443 g/mol. The highest BCUT2D eigenvalue weighted by Gasteiger charge is 2.24. The zero-order valence-electron chi connectivity index (χ0n) is 16.0. The molecule has 0 spiro atoms. The fourth-order valence-electron chi connectivity index (χ4n) is 2.67. The first-order valence-electron chi connectivity index (χ1n) is 8.89. The number of para-hydroxylation sites is 1. The van der Waals surface area contributed by atoms with Crippen LogP contribution in [0.1, 0.15) is 20.7 Å². The number of hydrogen-bond acceptors (Lipinski definition) is 5. The van der Waals surface area contributed by atoms with Gasteiger partial charge in [-0.3, -0.25) is 9.10 Å². The molecule has 0 atom stereocenters. The van der Waals surface area contributed by atoms with Crippen LogP contribution in [0.25, 0.3) is 0 Å². The molecular weight excluding hydrogens is 426 g/mol. The molecule has 3 aromatic rings. The third-order valence-corrected chi connectivity index (χ3v) is 6.48. The van der Waals surface area contributed by atoms with Crippen LogP contribution in [-0.2, 0) is 14.8 Å². The molecule has 0 saturated heterocycles. The number of esters is 1. The maximum Gasteiger partial charge on any atom is 0.340 e. The zero-order chi connectivity index (χ0) is 21.7. The molecule has 0 aliphatic carbocycles. The number of carbonyl (C=O) groups excluding carboxylic acids is 2. The van der Waals surface area contributed by atoms with Gasteiger partial charge in [0.05, 0.1) is 21.2 Å². The van der Waals surface area contributed by atoms with E-state index in [4.69, 9.17) is 16.3 Å². The van der Waals surface area contributed by atoms with Gasteiger partial charge in [0.2, 0.25) is 0 Å². The Balaban J connectivity index is 1.81. The van der Waals surface area contributed by atoms with E-state index >= 15 is 0 Å². The molecule has 154 valence electrons. The van der Waals surface area contributed by atoms with E-state index in [-0.39, 0.29) is 21.3 Å². The Morgan fingerprint density at radius 3 is 2.17 bits per heavy atom. The van der Waals surface area contributed by atoms with Crippen LogP contribution in [0.2, 0.25) is 5.02 Å². The van der Waals surface area contributed by atoms with Crippen molar-refractivity contribution in [3.63, 3.8) is 0 Å². The molecule has 30 heavy (non-hydrogen) atoms. The molecule has 0 fully saturated rings. The van der Waals surface area contributed by atoms with Gasteiger partial charge in [-0.15, -0.1) is 0 Å². The lowest BCUT2D eigenvalue weighted by Gasteiger charge is -2.20. The zero-order valence-corrected chi connectivity index (χ0v) is 17.6. The number of hydrogen-bond donors (Lipinski definition) is 0. The highest BCUT2D eigenvalue weighted by Crippen LogP contribution is 2.26. The van der Waals surface area contributed by atoms with Crippen LogP contribution in [0.4, 0.5) is 5.69 Å². The summed E-state index contributed by atoms with van der Waals surface area (Å²) in [6.07, 6.45) is 0. The lowest BCUT2D eigenvalue weighted by Crippen LogP contribution is -2.26. The Hall–Kier alpha value is -3.16. The molecule has 3 rings (SSSR count). The number of anilines is 1. The van der Waals surface area contributed by atoms with Crippen LogP contribution in [0.3, 0.4) is 0 Å². The number of carbonyl (C=O) groups is 2. The highest BCUT2D eigenvalue weighted by atomic mass is 35.5. The summed E-state index contributed by atoms with van der Waals surface area (Å²) >= 11 is 6.08. The quantitative estimate of drug-likeness (QED) is 0.403. The van der Waals surface area contributed by atoms with E-state index in [2.05, 4.69) is 0 Å². The number of Topliss-reactive ketones (excluding diaryl/α,β-unsaturated/α-hetero) is 1. The topological polar surface area (TPSA) is 80.8 Å². The minimum Gasteiger partial charge on any atom is -0.454 e. The summed E-state index contributed by atoms with van der Waals surface area (Å²) in [5, 5.41) is 0.0217. The summed E-state index contributed by atoms with van der Waals surface area (Å²) < 4.78 is 32.1. The Kier molecular flexibility index (Phi) is 6.54. The van der Waals surface area contributed by atoms with E-state index in [0.29, 0.717) is 11.3 Å². The normalized spacial score (nSPS) is 11.0. The molecule has 0 unspecified atom stereocenters. The van der Waals surface area contributed by atoms with Crippen molar-refractivity contribution in [3.8, 4) is 0 Å². The standard InChI is InChI=1S/C22H18ClNO5S/c1-24(17-10-6-3-7-11-17)30(27,28)18-12-13-20(23)19(14-18)22(26)29-15-21(25)16-8-4-2-5-9-16/h2-14H,15H2,1H3. The maximum absolute atomic E-state index is 12.9.